The minimum atomic E-state index is -0.582. The van der Waals surface area contributed by atoms with Crippen molar-refractivity contribution in [3.05, 3.63) is 94.6 Å². The Kier molecular flexibility index (Phi) is 10.5. The smallest absolute Gasteiger partial charge is 0.251 e. The third-order valence-electron chi connectivity index (χ3n) is 7.65. The van der Waals surface area contributed by atoms with E-state index in [0.717, 1.165) is 30.0 Å². The number of rotatable bonds is 11. The number of carbonyl (C=O) groups is 2. The van der Waals surface area contributed by atoms with Gasteiger partial charge in [0.1, 0.15) is 11.6 Å². The van der Waals surface area contributed by atoms with Crippen molar-refractivity contribution >= 4 is 11.8 Å². The van der Waals surface area contributed by atoms with Crippen LogP contribution in [-0.4, -0.2) is 55.0 Å². The summed E-state index contributed by atoms with van der Waals surface area (Å²) in [4.78, 5) is 30.1. The van der Waals surface area contributed by atoms with Gasteiger partial charge in [0.05, 0.1) is 14.2 Å². The summed E-state index contributed by atoms with van der Waals surface area (Å²) in [5.41, 5.74) is 2.82. The van der Waals surface area contributed by atoms with E-state index in [-0.39, 0.29) is 23.8 Å². The highest BCUT2D eigenvalue weighted by molar-refractivity contribution is 5.94. The molecule has 7 nitrogen and oxygen atoms in total. The van der Waals surface area contributed by atoms with Gasteiger partial charge in [-0.2, -0.15) is 0 Å². The second-order valence-electron chi connectivity index (χ2n) is 10.9. The van der Waals surface area contributed by atoms with Gasteiger partial charge in [-0.25, -0.2) is 8.78 Å². The molecular weight excluding hydrogens is 540 g/mol. The molecule has 4 rings (SSSR count). The van der Waals surface area contributed by atoms with Crippen molar-refractivity contribution in [2.45, 2.75) is 52.4 Å². The number of hydrogen-bond donors (Lipinski definition) is 1. The van der Waals surface area contributed by atoms with Crippen molar-refractivity contribution in [2.75, 3.05) is 27.3 Å². The summed E-state index contributed by atoms with van der Waals surface area (Å²) >= 11 is 0. The zero-order valence-electron chi connectivity index (χ0n) is 24.7. The van der Waals surface area contributed by atoms with Gasteiger partial charge in [-0.1, -0.05) is 38.1 Å². The SMILES string of the molecule is COc1ccc(CNC(=O)c2ccc(CN(C(=O)C(C)C)C3CCN(Cc4ccc(F)cc4F)CC3)cc2)cc1OC. The van der Waals surface area contributed by atoms with Gasteiger partial charge in [0.2, 0.25) is 5.91 Å². The first kappa shape index (κ1) is 31.0. The monoisotopic (exact) mass is 579 g/mol. The van der Waals surface area contributed by atoms with Crippen molar-refractivity contribution in [3.63, 3.8) is 0 Å². The van der Waals surface area contributed by atoms with Crippen molar-refractivity contribution in [1.29, 1.82) is 0 Å². The van der Waals surface area contributed by atoms with Gasteiger partial charge in [0, 0.05) is 61.9 Å². The molecule has 0 unspecified atom stereocenters. The number of piperidine rings is 1. The molecule has 3 aromatic carbocycles. The molecule has 0 saturated carbocycles. The minimum absolute atomic E-state index is 0.0543. The largest absolute Gasteiger partial charge is 0.493 e. The van der Waals surface area contributed by atoms with E-state index in [1.54, 1.807) is 32.4 Å². The fourth-order valence-corrected chi connectivity index (χ4v) is 5.23. The normalized spacial score (nSPS) is 14.1. The van der Waals surface area contributed by atoms with E-state index in [1.807, 2.05) is 43.0 Å². The molecule has 2 amide bonds. The average molecular weight is 580 g/mol. The van der Waals surface area contributed by atoms with Gasteiger partial charge >= 0.3 is 0 Å². The van der Waals surface area contributed by atoms with Gasteiger partial charge in [0.25, 0.3) is 5.91 Å². The third kappa shape index (κ3) is 7.85. The Hall–Kier alpha value is -3.98. The van der Waals surface area contributed by atoms with Crippen LogP contribution >= 0.6 is 0 Å². The first-order valence-corrected chi connectivity index (χ1v) is 14.2. The summed E-state index contributed by atoms with van der Waals surface area (Å²) in [6, 6.07) is 16.6. The van der Waals surface area contributed by atoms with Gasteiger partial charge in [-0.3, -0.25) is 14.5 Å². The molecule has 9 heteroatoms. The lowest BCUT2D eigenvalue weighted by atomic mass is 9.99. The van der Waals surface area contributed by atoms with Crippen LogP contribution in [0.1, 0.15) is 53.7 Å². The highest BCUT2D eigenvalue weighted by Crippen LogP contribution is 2.28. The van der Waals surface area contributed by atoms with Crippen LogP contribution in [0, 0.1) is 17.6 Å². The molecule has 0 aromatic heterocycles. The van der Waals surface area contributed by atoms with Crippen molar-refractivity contribution in [2.24, 2.45) is 5.92 Å². The molecule has 1 aliphatic rings. The third-order valence-corrected chi connectivity index (χ3v) is 7.65. The van der Waals surface area contributed by atoms with E-state index in [1.165, 1.54) is 12.1 Å². The number of carbonyl (C=O) groups excluding carboxylic acids is 2. The van der Waals surface area contributed by atoms with Gasteiger partial charge in [-0.15, -0.1) is 0 Å². The molecule has 1 N–H and O–H groups in total. The van der Waals surface area contributed by atoms with Gasteiger partial charge < -0.3 is 19.7 Å². The fourth-order valence-electron chi connectivity index (χ4n) is 5.23. The summed E-state index contributed by atoms with van der Waals surface area (Å²) in [6.45, 7) is 6.41. The van der Waals surface area contributed by atoms with Crippen molar-refractivity contribution in [3.8, 4) is 11.5 Å². The molecule has 1 saturated heterocycles. The standard InChI is InChI=1S/C33H39F2N3O4/c1-22(2)33(40)38(28-13-15-37(16-14-28)21-26-10-11-27(34)18-29(26)35)20-23-5-8-25(9-6-23)32(39)36-19-24-7-12-30(41-3)31(17-24)42-4/h5-12,17-18,22,28H,13-16,19-21H2,1-4H3,(H,36,39). The van der Waals surface area contributed by atoms with Crippen LogP contribution in [0.3, 0.4) is 0 Å². The number of methoxy groups -OCH3 is 2. The summed E-state index contributed by atoms with van der Waals surface area (Å²) in [5.74, 6) is -0.169. The van der Waals surface area contributed by atoms with Crippen LogP contribution in [0.2, 0.25) is 0 Å². The Labute approximate surface area is 246 Å². The second-order valence-corrected chi connectivity index (χ2v) is 10.9. The number of nitrogens with one attached hydrogen (secondary N) is 1. The maximum absolute atomic E-state index is 14.1. The van der Waals surface area contributed by atoms with E-state index >= 15 is 0 Å². The highest BCUT2D eigenvalue weighted by Gasteiger charge is 2.29. The zero-order valence-corrected chi connectivity index (χ0v) is 24.7. The number of ether oxygens (including phenoxy) is 2. The van der Waals surface area contributed by atoms with E-state index in [9.17, 15) is 18.4 Å². The van der Waals surface area contributed by atoms with E-state index in [2.05, 4.69) is 10.2 Å². The van der Waals surface area contributed by atoms with Crippen LogP contribution in [-0.2, 0) is 24.4 Å². The number of benzene rings is 3. The van der Waals surface area contributed by atoms with Crippen LogP contribution in [0.4, 0.5) is 8.78 Å². The van der Waals surface area contributed by atoms with Crippen LogP contribution in [0.25, 0.3) is 0 Å². The molecule has 0 bridgehead atoms. The van der Waals surface area contributed by atoms with Crippen LogP contribution in [0.15, 0.2) is 60.7 Å². The van der Waals surface area contributed by atoms with E-state index in [0.29, 0.717) is 55.3 Å². The minimum Gasteiger partial charge on any atom is -0.493 e. The lowest BCUT2D eigenvalue weighted by Crippen LogP contribution is -2.48. The molecule has 42 heavy (non-hydrogen) atoms. The van der Waals surface area contributed by atoms with Crippen LogP contribution < -0.4 is 14.8 Å². The molecule has 0 radical (unpaired) electrons. The summed E-state index contributed by atoms with van der Waals surface area (Å²) in [6.07, 6.45) is 1.52. The summed E-state index contributed by atoms with van der Waals surface area (Å²) in [7, 11) is 3.14. The van der Waals surface area contributed by atoms with Crippen molar-refractivity contribution < 1.29 is 27.8 Å². The highest BCUT2D eigenvalue weighted by atomic mass is 19.1. The molecule has 0 aliphatic carbocycles. The molecule has 1 fully saturated rings. The predicted molar refractivity (Wildman–Crippen MR) is 157 cm³/mol. The molecule has 224 valence electrons. The Balaban J connectivity index is 1.35. The topological polar surface area (TPSA) is 71.1 Å². The predicted octanol–water partition coefficient (Wildman–Crippen LogP) is 5.56. The Morgan fingerprint density at radius 2 is 1.60 bits per heavy atom. The fraction of sp³-hybridized carbons (Fsp3) is 0.394. The lowest BCUT2D eigenvalue weighted by molar-refractivity contribution is -0.138. The number of hydrogen-bond acceptors (Lipinski definition) is 5. The number of halogens is 2. The van der Waals surface area contributed by atoms with E-state index < -0.39 is 11.6 Å². The molecule has 1 aliphatic heterocycles. The zero-order chi connectivity index (χ0) is 30.2. The number of amides is 2. The Bertz CT molecular complexity index is 1370. The number of likely N-dealkylation sites (tertiary alicyclic amines) is 1. The van der Waals surface area contributed by atoms with E-state index in [4.69, 9.17) is 9.47 Å². The Morgan fingerprint density at radius 3 is 2.21 bits per heavy atom. The molecule has 0 spiro atoms. The van der Waals surface area contributed by atoms with Crippen molar-refractivity contribution in [1.82, 2.24) is 15.1 Å². The maximum Gasteiger partial charge on any atom is 0.251 e. The lowest BCUT2D eigenvalue weighted by Gasteiger charge is -2.39. The first-order chi connectivity index (χ1) is 20.2. The van der Waals surface area contributed by atoms with Crippen LogP contribution in [0.5, 0.6) is 11.5 Å². The molecule has 3 aromatic rings. The van der Waals surface area contributed by atoms with Gasteiger partial charge in [-0.05, 0) is 54.3 Å². The first-order valence-electron chi connectivity index (χ1n) is 14.2. The molecule has 0 atom stereocenters. The summed E-state index contributed by atoms with van der Waals surface area (Å²) in [5, 5.41) is 2.93. The molecular formula is C33H39F2N3O4. The second kappa shape index (κ2) is 14.3. The molecule has 1 heterocycles. The average Bonchev–Trinajstić information content (AvgIpc) is 3.00. The van der Waals surface area contributed by atoms with Gasteiger partial charge in [0.15, 0.2) is 11.5 Å². The quantitative estimate of drug-likeness (QED) is 0.322. The Morgan fingerprint density at radius 1 is 0.929 bits per heavy atom. The summed E-state index contributed by atoms with van der Waals surface area (Å²) < 4.78 is 38.0. The number of nitrogens with zero attached hydrogens (tertiary/aromatic N) is 2. The maximum atomic E-state index is 14.1.